The molecule has 1 N–H and O–H groups in total. The van der Waals surface area contributed by atoms with E-state index in [2.05, 4.69) is 20.3 Å². The van der Waals surface area contributed by atoms with E-state index in [0.717, 1.165) is 22.5 Å². The Morgan fingerprint density at radius 1 is 1.04 bits per heavy atom. The molecule has 0 fully saturated rings. The van der Waals surface area contributed by atoms with E-state index in [0.29, 0.717) is 16.7 Å². The number of anilines is 2. The maximum Gasteiger partial charge on any atom is 0.141 e. The number of hydrogen-bond acceptors (Lipinski definition) is 4. The Morgan fingerprint density at radius 2 is 1.91 bits per heavy atom. The minimum Gasteiger partial charge on any atom is -0.340 e. The van der Waals surface area contributed by atoms with Gasteiger partial charge in [0.05, 0.1) is 16.6 Å². The van der Waals surface area contributed by atoms with Crippen molar-refractivity contribution in [1.29, 1.82) is 0 Å². The minimum absolute atomic E-state index is 0.314. The fraction of sp³-hybridized carbons (Fsp3) is 0.118. The van der Waals surface area contributed by atoms with E-state index in [1.165, 1.54) is 18.5 Å². The van der Waals surface area contributed by atoms with Crippen LogP contribution in [0.4, 0.5) is 15.9 Å². The van der Waals surface area contributed by atoms with Crippen LogP contribution >= 0.6 is 0 Å². The molecule has 4 aromatic rings. The summed E-state index contributed by atoms with van der Waals surface area (Å²) in [7, 11) is 1.98. The van der Waals surface area contributed by atoms with Crippen molar-refractivity contribution in [3.8, 4) is 0 Å². The van der Waals surface area contributed by atoms with Crippen molar-refractivity contribution in [2.24, 2.45) is 7.05 Å². The zero-order chi connectivity index (χ0) is 16.0. The maximum absolute atomic E-state index is 13.5. The lowest BCUT2D eigenvalue weighted by Gasteiger charge is -2.08. The van der Waals surface area contributed by atoms with Gasteiger partial charge in [0.2, 0.25) is 0 Å². The number of nitrogens with one attached hydrogen (secondary N) is 1. The molecule has 0 aliphatic carbocycles. The fourth-order valence-electron chi connectivity index (χ4n) is 2.66. The molecule has 0 bridgehead atoms. The molecule has 0 atom stereocenters. The smallest absolute Gasteiger partial charge is 0.141 e. The SMILES string of the molecule is Cc1nc2cc(Nc3ncnc4ccc(F)cc34)ccc2n1C. The van der Waals surface area contributed by atoms with Crippen LogP contribution in [0, 0.1) is 12.7 Å². The van der Waals surface area contributed by atoms with Crippen molar-refractivity contribution >= 4 is 33.4 Å². The molecule has 5 nitrogen and oxygen atoms in total. The molecule has 2 aromatic carbocycles. The molecule has 114 valence electrons. The van der Waals surface area contributed by atoms with Crippen LogP contribution in [-0.2, 0) is 7.05 Å². The van der Waals surface area contributed by atoms with E-state index < -0.39 is 0 Å². The second-order valence-corrected chi connectivity index (χ2v) is 5.43. The largest absolute Gasteiger partial charge is 0.340 e. The summed E-state index contributed by atoms with van der Waals surface area (Å²) in [5.74, 6) is 1.21. The van der Waals surface area contributed by atoms with Gasteiger partial charge in [-0.25, -0.2) is 19.3 Å². The van der Waals surface area contributed by atoms with Crippen molar-refractivity contribution in [3.05, 3.63) is 54.4 Å². The lowest BCUT2D eigenvalue weighted by atomic mass is 10.2. The molecule has 4 rings (SSSR count). The third kappa shape index (κ3) is 2.28. The van der Waals surface area contributed by atoms with Gasteiger partial charge in [0.15, 0.2) is 0 Å². The van der Waals surface area contributed by atoms with Crippen LogP contribution in [0.2, 0.25) is 0 Å². The van der Waals surface area contributed by atoms with Crippen molar-refractivity contribution < 1.29 is 4.39 Å². The summed E-state index contributed by atoms with van der Waals surface area (Å²) in [6.07, 6.45) is 1.46. The van der Waals surface area contributed by atoms with Crippen LogP contribution in [0.1, 0.15) is 5.82 Å². The van der Waals surface area contributed by atoms with Gasteiger partial charge in [-0.05, 0) is 43.3 Å². The van der Waals surface area contributed by atoms with Crippen LogP contribution in [0.5, 0.6) is 0 Å². The van der Waals surface area contributed by atoms with Crippen LogP contribution < -0.4 is 5.32 Å². The highest BCUT2D eigenvalue weighted by Gasteiger charge is 2.08. The first kappa shape index (κ1) is 13.6. The predicted octanol–water partition coefficient (Wildman–Crippen LogP) is 3.71. The number of benzene rings is 2. The van der Waals surface area contributed by atoms with E-state index in [4.69, 9.17) is 0 Å². The standard InChI is InChI=1S/C17H14FN5/c1-10-21-15-8-12(4-6-16(15)23(10)2)22-17-13-7-11(18)3-5-14(13)19-9-20-17/h3-9H,1-2H3,(H,19,20,22). The summed E-state index contributed by atoms with van der Waals surface area (Å²) in [5.41, 5.74) is 3.50. The number of rotatable bonds is 2. The zero-order valence-electron chi connectivity index (χ0n) is 12.7. The highest BCUT2D eigenvalue weighted by molar-refractivity contribution is 5.91. The van der Waals surface area contributed by atoms with Gasteiger partial charge in [-0.2, -0.15) is 0 Å². The molecule has 2 aromatic heterocycles. The highest BCUT2D eigenvalue weighted by atomic mass is 19.1. The molecule has 0 aliphatic rings. The minimum atomic E-state index is -0.314. The quantitative estimate of drug-likeness (QED) is 0.613. The first-order chi connectivity index (χ1) is 11.1. The molecule has 23 heavy (non-hydrogen) atoms. The normalized spacial score (nSPS) is 11.3. The van der Waals surface area contributed by atoms with Gasteiger partial charge in [-0.1, -0.05) is 0 Å². The fourth-order valence-corrected chi connectivity index (χ4v) is 2.66. The predicted molar refractivity (Wildman–Crippen MR) is 88.2 cm³/mol. The average Bonchev–Trinajstić information content (AvgIpc) is 2.82. The molecule has 0 aliphatic heterocycles. The lowest BCUT2D eigenvalue weighted by molar-refractivity contribution is 0.629. The molecule has 2 heterocycles. The van der Waals surface area contributed by atoms with E-state index in [1.54, 1.807) is 6.07 Å². The third-order valence-electron chi connectivity index (χ3n) is 3.96. The van der Waals surface area contributed by atoms with Crippen molar-refractivity contribution in [1.82, 2.24) is 19.5 Å². The number of aryl methyl sites for hydroxylation is 2. The second kappa shape index (κ2) is 5.01. The summed E-state index contributed by atoms with van der Waals surface area (Å²) in [5, 5.41) is 3.87. The number of hydrogen-bond donors (Lipinski definition) is 1. The first-order valence-electron chi connectivity index (χ1n) is 7.22. The number of aromatic nitrogens is 4. The van der Waals surface area contributed by atoms with Crippen molar-refractivity contribution in [2.75, 3.05) is 5.32 Å². The van der Waals surface area contributed by atoms with E-state index in [9.17, 15) is 4.39 Å². The molecule has 0 amide bonds. The number of halogens is 1. The van der Waals surface area contributed by atoms with Gasteiger partial charge in [0.25, 0.3) is 0 Å². The number of fused-ring (bicyclic) bond motifs is 2. The molecular weight excluding hydrogens is 293 g/mol. The van der Waals surface area contributed by atoms with Gasteiger partial charge in [-0.3, -0.25) is 0 Å². The topological polar surface area (TPSA) is 55.6 Å². The van der Waals surface area contributed by atoms with Gasteiger partial charge >= 0.3 is 0 Å². The molecular formula is C17H14FN5. The maximum atomic E-state index is 13.5. The summed E-state index contributed by atoms with van der Waals surface area (Å²) in [6.45, 7) is 1.97. The molecule has 6 heteroatoms. The lowest BCUT2D eigenvalue weighted by Crippen LogP contribution is -1.96. The number of nitrogens with zero attached hydrogens (tertiary/aromatic N) is 4. The van der Waals surface area contributed by atoms with Gasteiger partial charge in [-0.15, -0.1) is 0 Å². The Labute approximate surface area is 131 Å². The number of imidazole rings is 1. The molecule has 0 radical (unpaired) electrons. The van der Waals surface area contributed by atoms with Crippen molar-refractivity contribution in [2.45, 2.75) is 6.92 Å². The Morgan fingerprint density at radius 3 is 2.78 bits per heavy atom. The first-order valence-corrected chi connectivity index (χ1v) is 7.22. The second-order valence-electron chi connectivity index (χ2n) is 5.43. The Bertz CT molecular complexity index is 1040. The summed E-state index contributed by atoms with van der Waals surface area (Å²) < 4.78 is 15.6. The third-order valence-corrected chi connectivity index (χ3v) is 3.96. The van der Waals surface area contributed by atoms with Crippen molar-refractivity contribution in [3.63, 3.8) is 0 Å². The summed E-state index contributed by atoms with van der Waals surface area (Å²) >= 11 is 0. The summed E-state index contributed by atoms with van der Waals surface area (Å²) in [4.78, 5) is 12.9. The van der Waals surface area contributed by atoms with Crippen LogP contribution in [0.25, 0.3) is 21.9 Å². The zero-order valence-corrected chi connectivity index (χ0v) is 12.7. The van der Waals surface area contributed by atoms with Crippen LogP contribution in [0.3, 0.4) is 0 Å². The van der Waals surface area contributed by atoms with E-state index >= 15 is 0 Å². The summed E-state index contributed by atoms with van der Waals surface area (Å²) in [6, 6.07) is 10.4. The Kier molecular flexibility index (Phi) is 2.97. The Hall–Kier alpha value is -3.02. The monoisotopic (exact) mass is 307 g/mol. The van der Waals surface area contributed by atoms with E-state index in [1.807, 2.05) is 36.7 Å². The van der Waals surface area contributed by atoms with Gasteiger partial charge < -0.3 is 9.88 Å². The van der Waals surface area contributed by atoms with Gasteiger partial charge in [0.1, 0.15) is 23.8 Å². The van der Waals surface area contributed by atoms with Crippen LogP contribution in [-0.4, -0.2) is 19.5 Å². The molecule has 0 unspecified atom stereocenters. The average molecular weight is 307 g/mol. The van der Waals surface area contributed by atoms with Crippen LogP contribution in [0.15, 0.2) is 42.7 Å². The Balaban J connectivity index is 1.80. The molecule has 0 spiro atoms. The molecule has 0 saturated carbocycles. The van der Waals surface area contributed by atoms with Gasteiger partial charge in [0, 0.05) is 18.1 Å². The van der Waals surface area contributed by atoms with E-state index in [-0.39, 0.29) is 5.82 Å². The molecule has 0 saturated heterocycles. The highest BCUT2D eigenvalue weighted by Crippen LogP contribution is 2.26.